The predicted molar refractivity (Wildman–Crippen MR) is 79.4 cm³/mol. The molecule has 0 saturated heterocycles. The first-order chi connectivity index (χ1) is 10.3. The number of carbonyl (C=O) groups is 2. The molecule has 2 aromatic rings. The van der Waals surface area contributed by atoms with Crippen LogP contribution in [0.4, 0.5) is 13.8 Å². The van der Waals surface area contributed by atoms with E-state index < -0.39 is 23.5 Å². The number of aryl methyl sites for hydroxylation is 1. The molecule has 22 heavy (non-hydrogen) atoms. The van der Waals surface area contributed by atoms with E-state index in [0.29, 0.717) is 11.6 Å². The quantitative estimate of drug-likeness (QED) is 0.876. The number of carbonyl (C=O) groups excluding carboxylic acids is 2. The van der Waals surface area contributed by atoms with E-state index in [9.17, 15) is 18.4 Å². The smallest absolute Gasteiger partial charge is 0.341 e. The van der Waals surface area contributed by atoms with Crippen LogP contribution in [0.15, 0.2) is 18.2 Å². The standard InChI is InChI=1S/C15H13F2NO3S/c1-7-8(2)22-14(12(7)15(20)21-3)18-13(19)9-4-10(16)6-11(17)5-9/h4-6H,1-3H3,(H,18,19). The van der Waals surface area contributed by atoms with Crippen molar-refractivity contribution < 1.29 is 23.1 Å². The predicted octanol–water partition coefficient (Wildman–Crippen LogP) is 3.68. The number of hydrogen-bond acceptors (Lipinski definition) is 4. The Morgan fingerprint density at radius 3 is 2.27 bits per heavy atom. The Bertz CT molecular complexity index is 735. The van der Waals surface area contributed by atoms with Crippen molar-refractivity contribution in [1.29, 1.82) is 0 Å². The monoisotopic (exact) mass is 325 g/mol. The fraction of sp³-hybridized carbons (Fsp3) is 0.200. The number of methoxy groups -OCH3 is 1. The highest BCUT2D eigenvalue weighted by Crippen LogP contribution is 2.33. The van der Waals surface area contributed by atoms with Crippen LogP contribution in [0.5, 0.6) is 0 Å². The Labute approximate surface area is 129 Å². The van der Waals surface area contributed by atoms with Crippen LogP contribution in [0.25, 0.3) is 0 Å². The van der Waals surface area contributed by atoms with E-state index in [2.05, 4.69) is 5.32 Å². The summed E-state index contributed by atoms with van der Waals surface area (Å²) in [5.74, 6) is -2.99. The molecule has 0 saturated carbocycles. The second-order valence-electron chi connectivity index (χ2n) is 4.59. The zero-order valence-corrected chi connectivity index (χ0v) is 12.9. The normalized spacial score (nSPS) is 10.4. The van der Waals surface area contributed by atoms with Crippen LogP contribution < -0.4 is 5.32 Å². The van der Waals surface area contributed by atoms with Crippen molar-refractivity contribution in [3.63, 3.8) is 0 Å². The van der Waals surface area contributed by atoms with Gasteiger partial charge in [0, 0.05) is 16.5 Å². The van der Waals surface area contributed by atoms with Crippen LogP contribution in [0, 0.1) is 25.5 Å². The lowest BCUT2D eigenvalue weighted by molar-refractivity contribution is 0.0601. The number of nitrogens with one attached hydrogen (secondary N) is 1. The molecule has 4 nitrogen and oxygen atoms in total. The molecule has 2 rings (SSSR count). The first-order valence-electron chi connectivity index (χ1n) is 6.29. The third-order valence-electron chi connectivity index (χ3n) is 3.13. The van der Waals surface area contributed by atoms with Crippen LogP contribution in [-0.2, 0) is 4.74 Å². The second kappa shape index (κ2) is 6.23. The number of anilines is 1. The molecule has 0 radical (unpaired) electrons. The zero-order valence-electron chi connectivity index (χ0n) is 12.1. The zero-order chi connectivity index (χ0) is 16.4. The van der Waals surface area contributed by atoms with Gasteiger partial charge in [-0.3, -0.25) is 4.79 Å². The van der Waals surface area contributed by atoms with E-state index in [4.69, 9.17) is 4.74 Å². The topological polar surface area (TPSA) is 55.4 Å². The molecule has 1 N–H and O–H groups in total. The molecular weight excluding hydrogens is 312 g/mol. The number of esters is 1. The van der Waals surface area contributed by atoms with Gasteiger partial charge in [-0.15, -0.1) is 11.3 Å². The molecule has 1 heterocycles. The first kappa shape index (κ1) is 16.1. The van der Waals surface area contributed by atoms with Crippen LogP contribution in [0.3, 0.4) is 0 Å². The van der Waals surface area contributed by atoms with Gasteiger partial charge in [-0.05, 0) is 31.5 Å². The third-order valence-corrected chi connectivity index (χ3v) is 4.25. The highest BCUT2D eigenvalue weighted by molar-refractivity contribution is 7.16. The summed E-state index contributed by atoms with van der Waals surface area (Å²) >= 11 is 1.20. The Kier molecular flexibility index (Phi) is 4.56. The molecule has 0 aliphatic rings. The van der Waals surface area contributed by atoms with Gasteiger partial charge in [0.15, 0.2) is 0 Å². The summed E-state index contributed by atoms with van der Waals surface area (Å²) in [6.07, 6.45) is 0. The van der Waals surface area contributed by atoms with Crippen molar-refractivity contribution in [1.82, 2.24) is 0 Å². The summed E-state index contributed by atoms with van der Waals surface area (Å²) in [6.45, 7) is 3.53. The van der Waals surface area contributed by atoms with Crippen molar-refractivity contribution in [2.24, 2.45) is 0 Å². The van der Waals surface area contributed by atoms with Crippen molar-refractivity contribution in [3.8, 4) is 0 Å². The summed E-state index contributed by atoms with van der Waals surface area (Å²) in [5, 5.41) is 2.79. The number of rotatable bonds is 3. The Hall–Kier alpha value is -2.28. The minimum atomic E-state index is -0.850. The fourth-order valence-corrected chi connectivity index (χ4v) is 2.97. The average Bonchev–Trinajstić information content (AvgIpc) is 2.72. The van der Waals surface area contributed by atoms with Crippen molar-refractivity contribution in [2.75, 3.05) is 12.4 Å². The molecule has 1 amide bonds. The average molecular weight is 325 g/mol. The first-order valence-corrected chi connectivity index (χ1v) is 7.11. The van der Waals surface area contributed by atoms with Gasteiger partial charge in [-0.2, -0.15) is 0 Å². The molecule has 0 fully saturated rings. The van der Waals surface area contributed by atoms with E-state index in [1.54, 1.807) is 13.8 Å². The van der Waals surface area contributed by atoms with E-state index in [1.807, 2.05) is 0 Å². The molecule has 1 aromatic heterocycles. The number of ether oxygens (including phenoxy) is 1. The van der Waals surface area contributed by atoms with Gasteiger partial charge in [0.25, 0.3) is 5.91 Å². The highest BCUT2D eigenvalue weighted by atomic mass is 32.1. The summed E-state index contributed by atoms with van der Waals surface area (Å²) in [4.78, 5) is 24.8. The lowest BCUT2D eigenvalue weighted by atomic mass is 10.1. The van der Waals surface area contributed by atoms with Gasteiger partial charge in [0.1, 0.15) is 16.6 Å². The minimum absolute atomic E-state index is 0.169. The number of benzene rings is 1. The second-order valence-corrected chi connectivity index (χ2v) is 5.82. The molecule has 0 bridgehead atoms. The summed E-state index contributed by atoms with van der Waals surface area (Å²) in [6, 6.07) is 2.52. The molecule has 0 aliphatic carbocycles. The number of thiophene rings is 1. The largest absolute Gasteiger partial charge is 0.465 e. The van der Waals surface area contributed by atoms with E-state index in [0.717, 1.165) is 17.0 Å². The Balaban J connectivity index is 2.36. The molecule has 0 aliphatic heterocycles. The van der Waals surface area contributed by atoms with Gasteiger partial charge in [-0.1, -0.05) is 0 Å². The van der Waals surface area contributed by atoms with E-state index >= 15 is 0 Å². The minimum Gasteiger partial charge on any atom is -0.465 e. The lowest BCUT2D eigenvalue weighted by Gasteiger charge is -2.06. The van der Waals surface area contributed by atoms with Gasteiger partial charge in [0.2, 0.25) is 0 Å². The van der Waals surface area contributed by atoms with E-state index in [1.165, 1.54) is 18.4 Å². The Morgan fingerprint density at radius 1 is 1.14 bits per heavy atom. The van der Waals surface area contributed by atoms with E-state index in [-0.39, 0.29) is 16.1 Å². The highest BCUT2D eigenvalue weighted by Gasteiger charge is 2.22. The molecule has 116 valence electrons. The van der Waals surface area contributed by atoms with Gasteiger partial charge >= 0.3 is 5.97 Å². The maximum atomic E-state index is 13.2. The summed E-state index contributed by atoms with van der Waals surface area (Å²) in [7, 11) is 1.24. The maximum absolute atomic E-state index is 13.2. The van der Waals surface area contributed by atoms with Crippen LogP contribution in [-0.4, -0.2) is 19.0 Å². The van der Waals surface area contributed by atoms with Gasteiger partial charge < -0.3 is 10.1 Å². The SMILES string of the molecule is COC(=O)c1c(NC(=O)c2cc(F)cc(F)c2)sc(C)c1C. The molecule has 0 atom stereocenters. The molecule has 0 unspecified atom stereocenters. The summed E-state index contributed by atoms with van der Waals surface area (Å²) in [5.41, 5.74) is 0.768. The number of hydrogen-bond donors (Lipinski definition) is 1. The van der Waals surface area contributed by atoms with Crippen LogP contribution in [0.2, 0.25) is 0 Å². The summed E-state index contributed by atoms with van der Waals surface area (Å²) < 4.78 is 31.0. The number of halogens is 2. The van der Waals surface area contributed by atoms with Crippen LogP contribution in [0.1, 0.15) is 31.2 Å². The molecule has 0 spiro atoms. The molecule has 7 heteroatoms. The molecule has 1 aromatic carbocycles. The number of amides is 1. The fourth-order valence-electron chi connectivity index (χ4n) is 1.92. The van der Waals surface area contributed by atoms with Crippen molar-refractivity contribution in [3.05, 3.63) is 51.4 Å². The van der Waals surface area contributed by atoms with Crippen LogP contribution >= 0.6 is 11.3 Å². The maximum Gasteiger partial charge on any atom is 0.341 e. The lowest BCUT2D eigenvalue weighted by Crippen LogP contribution is -2.14. The van der Waals surface area contributed by atoms with Gasteiger partial charge in [-0.25, -0.2) is 13.6 Å². The molecular formula is C15H13F2NO3S. The van der Waals surface area contributed by atoms with Crippen molar-refractivity contribution in [2.45, 2.75) is 13.8 Å². The van der Waals surface area contributed by atoms with Crippen molar-refractivity contribution >= 4 is 28.2 Å². The Morgan fingerprint density at radius 2 is 1.73 bits per heavy atom. The third kappa shape index (κ3) is 3.14. The van der Waals surface area contributed by atoms with Gasteiger partial charge in [0.05, 0.1) is 12.7 Å².